The van der Waals surface area contributed by atoms with Gasteiger partial charge in [-0.15, -0.1) is 0 Å². The lowest BCUT2D eigenvalue weighted by Gasteiger charge is -2.03. The zero-order valence-electron chi connectivity index (χ0n) is 12.2. The molecule has 0 saturated carbocycles. The maximum Gasteiger partial charge on any atom is 0.332 e. The Morgan fingerprint density at radius 2 is 1.74 bits per heavy atom. The van der Waals surface area contributed by atoms with Gasteiger partial charge in [0.05, 0.1) is 0 Å². The van der Waals surface area contributed by atoms with Gasteiger partial charge in [-0.3, -0.25) is 4.79 Å². The van der Waals surface area contributed by atoms with Gasteiger partial charge < -0.3 is 4.84 Å². The highest BCUT2D eigenvalue weighted by molar-refractivity contribution is 5.78. The zero-order valence-corrected chi connectivity index (χ0v) is 12.2. The molecular weight excluding hydrogens is 242 g/mol. The summed E-state index contributed by atoms with van der Waals surface area (Å²) in [6, 6.07) is 0. The third-order valence-electron chi connectivity index (χ3n) is 2.71. The van der Waals surface area contributed by atoms with Crippen LogP contribution in [0.3, 0.4) is 0 Å². The molecule has 0 aliphatic carbocycles. The van der Waals surface area contributed by atoms with Gasteiger partial charge in [0.25, 0.3) is 5.91 Å². The molecule has 0 heterocycles. The second kappa shape index (κ2) is 13.1. The predicted octanol–water partition coefficient (Wildman–Crippen LogP) is 3.67. The largest absolute Gasteiger partial charge is 0.341 e. The molecule has 4 heteroatoms. The molecule has 19 heavy (non-hydrogen) atoms. The standard InChI is InChI=1S/C15H27NO3/c1-3-5-7-8-9-10-11-12-14(17)16-19-15(18)13-6-4-2/h10-11H,3-9,12-13H2,1-2H3,(H,16,17). The van der Waals surface area contributed by atoms with Gasteiger partial charge in [0, 0.05) is 12.8 Å². The second-order valence-corrected chi connectivity index (χ2v) is 4.63. The van der Waals surface area contributed by atoms with Gasteiger partial charge in [-0.25, -0.2) is 4.79 Å². The van der Waals surface area contributed by atoms with Gasteiger partial charge in [0.2, 0.25) is 0 Å². The lowest BCUT2D eigenvalue weighted by atomic mass is 10.1. The summed E-state index contributed by atoms with van der Waals surface area (Å²) >= 11 is 0. The van der Waals surface area contributed by atoms with Crippen LogP contribution in [0, 0.1) is 0 Å². The maximum atomic E-state index is 11.3. The Morgan fingerprint density at radius 1 is 1.00 bits per heavy atom. The summed E-state index contributed by atoms with van der Waals surface area (Å²) in [5.41, 5.74) is 2.16. The molecule has 0 fully saturated rings. The fraction of sp³-hybridized carbons (Fsp3) is 0.733. The van der Waals surface area contributed by atoms with Crippen molar-refractivity contribution in [2.45, 2.75) is 71.6 Å². The lowest BCUT2D eigenvalue weighted by molar-refractivity contribution is -0.158. The van der Waals surface area contributed by atoms with E-state index < -0.39 is 0 Å². The molecule has 0 bridgehead atoms. The summed E-state index contributed by atoms with van der Waals surface area (Å²) in [6.07, 6.45) is 12.1. The molecule has 0 aliphatic heterocycles. The van der Waals surface area contributed by atoms with Crippen LogP contribution in [0.5, 0.6) is 0 Å². The van der Waals surface area contributed by atoms with E-state index in [1.165, 1.54) is 19.3 Å². The number of hydroxylamine groups is 1. The minimum atomic E-state index is -0.376. The van der Waals surface area contributed by atoms with E-state index in [0.29, 0.717) is 6.42 Å². The number of amides is 1. The van der Waals surface area contributed by atoms with Crippen LogP contribution in [0.2, 0.25) is 0 Å². The Morgan fingerprint density at radius 3 is 2.42 bits per heavy atom. The zero-order chi connectivity index (χ0) is 14.3. The number of allylic oxidation sites excluding steroid dienone is 1. The third kappa shape index (κ3) is 12.9. The predicted molar refractivity (Wildman–Crippen MR) is 76.3 cm³/mol. The number of unbranched alkanes of at least 4 members (excludes halogenated alkanes) is 5. The number of nitrogens with one attached hydrogen (secondary N) is 1. The van der Waals surface area contributed by atoms with Crippen molar-refractivity contribution in [3.05, 3.63) is 12.2 Å². The van der Waals surface area contributed by atoms with Crippen LogP contribution in [-0.4, -0.2) is 11.9 Å². The summed E-state index contributed by atoms with van der Waals surface area (Å²) < 4.78 is 0. The summed E-state index contributed by atoms with van der Waals surface area (Å²) in [5.74, 6) is -0.659. The molecule has 0 rings (SSSR count). The van der Waals surface area contributed by atoms with Gasteiger partial charge in [0.1, 0.15) is 0 Å². The van der Waals surface area contributed by atoms with Crippen LogP contribution in [0.15, 0.2) is 12.2 Å². The van der Waals surface area contributed by atoms with Crippen molar-refractivity contribution in [1.29, 1.82) is 0 Å². The Balaban J connectivity index is 3.48. The molecular formula is C15H27NO3. The topological polar surface area (TPSA) is 55.4 Å². The van der Waals surface area contributed by atoms with Crippen LogP contribution in [0.1, 0.15) is 71.6 Å². The number of rotatable bonds is 10. The molecule has 4 nitrogen and oxygen atoms in total. The van der Waals surface area contributed by atoms with Gasteiger partial charge in [-0.1, -0.05) is 51.7 Å². The molecule has 0 aromatic heterocycles. The highest BCUT2D eigenvalue weighted by atomic mass is 16.7. The molecule has 110 valence electrons. The maximum absolute atomic E-state index is 11.3. The average Bonchev–Trinajstić information content (AvgIpc) is 2.41. The summed E-state index contributed by atoms with van der Waals surface area (Å²) in [4.78, 5) is 27.1. The fourth-order valence-electron chi connectivity index (χ4n) is 1.52. The van der Waals surface area contributed by atoms with Crippen molar-refractivity contribution in [3.63, 3.8) is 0 Å². The SMILES string of the molecule is CCCCCCC=CCC(=O)NOC(=O)CCCC. The molecule has 0 aromatic carbocycles. The molecule has 0 aromatic rings. The van der Waals surface area contributed by atoms with Gasteiger partial charge in [0.15, 0.2) is 0 Å². The normalized spacial score (nSPS) is 10.6. The molecule has 1 N–H and O–H groups in total. The smallest absolute Gasteiger partial charge is 0.332 e. The first-order valence-corrected chi connectivity index (χ1v) is 7.34. The number of carbonyl (C=O) groups excluding carboxylic acids is 2. The second-order valence-electron chi connectivity index (χ2n) is 4.63. The van der Waals surface area contributed by atoms with E-state index in [9.17, 15) is 9.59 Å². The van der Waals surface area contributed by atoms with Crippen molar-refractivity contribution in [2.75, 3.05) is 0 Å². The van der Waals surface area contributed by atoms with Crippen LogP contribution >= 0.6 is 0 Å². The Kier molecular flexibility index (Phi) is 12.2. The Bertz CT molecular complexity index is 275. The molecule has 0 saturated heterocycles. The van der Waals surface area contributed by atoms with E-state index >= 15 is 0 Å². The van der Waals surface area contributed by atoms with E-state index in [-0.39, 0.29) is 18.3 Å². The third-order valence-corrected chi connectivity index (χ3v) is 2.71. The van der Waals surface area contributed by atoms with Crippen LogP contribution in [0.25, 0.3) is 0 Å². The highest BCUT2D eigenvalue weighted by Crippen LogP contribution is 2.03. The van der Waals surface area contributed by atoms with E-state index in [4.69, 9.17) is 0 Å². The highest BCUT2D eigenvalue weighted by Gasteiger charge is 2.04. The van der Waals surface area contributed by atoms with E-state index in [1.807, 2.05) is 19.1 Å². The average molecular weight is 269 g/mol. The van der Waals surface area contributed by atoms with Crippen LogP contribution in [-0.2, 0) is 14.4 Å². The number of carbonyl (C=O) groups is 2. The first kappa shape index (κ1) is 17.7. The minimum Gasteiger partial charge on any atom is -0.341 e. The Labute approximate surface area is 116 Å². The monoisotopic (exact) mass is 269 g/mol. The van der Waals surface area contributed by atoms with Crippen molar-refractivity contribution < 1.29 is 14.4 Å². The summed E-state index contributed by atoms with van der Waals surface area (Å²) in [6.45, 7) is 4.18. The van der Waals surface area contributed by atoms with Crippen LogP contribution < -0.4 is 5.48 Å². The quantitative estimate of drug-likeness (QED) is 0.374. The first-order valence-electron chi connectivity index (χ1n) is 7.34. The van der Waals surface area contributed by atoms with Crippen molar-refractivity contribution in [3.8, 4) is 0 Å². The molecule has 0 spiro atoms. The molecule has 0 unspecified atom stereocenters. The number of hydrogen-bond acceptors (Lipinski definition) is 3. The minimum absolute atomic E-state index is 0.259. The van der Waals surface area contributed by atoms with Crippen molar-refractivity contribution >= 4 is 11.9 Å². The summed E-state index contributed by atoms with van der Waals surface area (Å²) in [5, 5.41) is 0. The molecule has 0 atom stereocenters. The van der Waals surface area contributed by atoms with Crippen molar-refractivity contribution in [1.82, 2.24) is 5.48 Å². The molecule has 0 aliphatic rings. The molecule has 1 amide bonds. The molecule has 0 radical (unpaired) electrons. The number of hydrogen-bond donors (Lipinski definition) is 1. The fourth-order valence-corrected chi connectivity index (χ4v) is 1.52. The van der Waals surface area contributed by atoms with Gasteiger partial charge in [-0.05, 0) is 19.3 Å². The van der Waals surface area contributed by atoms with Crippen molar-refractivity contribution in [2.24, 2.45) is 0 Å². The Hall–Kier alpha value is -1.32. The van der Waals surface area contributed by atoms with E-state index in [2.05, 4.69) is 17.2 Å². The van der Waals surface area contributed by atoms with E-state index in [1.54, 1.807) is 0 Å². The summed E-state index contributed by atoms with van der Waals surface area (Å²) in [7, 11) is 0. The lowest BCUT2D eigenvalue weighted by Crippen LogP contribution is -2.26. The van der Waals surface area contributed by atoms with Crippen LogP contribution in [0.4, 0.5) is 0 Å². The first-order chi connectivity index (χ1) is 9.20. The van der Waals surface area contributed by atoms with Gasteiger partial charge >= 0.3 is 5.97 Å². The van der Waals surface area contributed by atoms with Gasteiger partial charge in [-0.2, -0.15) is 5.48 Å². The van der Waals surface area contributed by atoms with E-state index in [0.717, 1.165) is 25.7 Å².